The van der Waals surface area contributed by atoms with E-state index in [1.165, 1.54) is 5.56 Å². The highest BCUT2D eigenvalue weighted by molar-refractivity contribution is 5.97. The second-order valence-electron chi connectivity index (χ2n) is 10.6. The van der Waals surface area contributed by atoms with Crippen molar-refractivity contribution in [1.82, 2.24) is 40.8 Å². The summed E-state index contributed by atoms with van der Waals surface area (Å²) in [7, 11) is 1.85. The highest BCUT2D eigenvalue weighted by Crippen LogP contribution is 2.33. The number of hydrogen-bond donors (Lipinski definition) is 4. The summed E-state index contributed by atoms with van der Waals surface area (Å²) in [5.74, 6) is 0.354. The number of rotatable bonds is 9. The third kappa shape index (κ3) is 7.73. The van der Waals surface area contributed by atoms with Crippen molar-refractivity contribution in [3.63, 3.8) is 0 Å². The fourth-order valence-electron chi connectivity index (χ4n) is 5.42. The number of hydrogen-bond acceptors (Lipinski definition) is 8. The molecule has 3 aromatic carbocycles. The topological polar surface area (TPSA) is 141 Å². The summed E-state index contributed by atoms with van der Waals surface area (Å²) >= 11 is 0. The second-order valence-corrected chi connectivity index (χ2v) is 10.6. The van der Waals surface area contributed by atoms with Gasteiger partial charge in [-0.15, -0.1) is 0 Å². The van der Waals surface area contributed by atoms with Crippen LogP contribution in [0.5, 0.6) is 0 Å². The number of aromatic amines is 2. The molecule has 48 heavy (non-hydrogen) atoms. The van der Waals surface area contributed by atoms with Crippen molar-refractivity contribution in [2.45, 2.75) is 33.5 Å². The second kappa shape index (κ2) is 16.1. The summed E-state index contributed by atoms with van der Waals surface area (Å²) < 4.78 is 14.5. The molecule has 4 aromatic heterocycles. The lowest BCUT2D eigenvalue weighted by molar-refractivity contribution is -0.191. The van der Waals surface area contributed by atoms with Gasteiger partial charge in [0, 0.05) is 54.9 Å². The van der Waals surface area contributed by atoms with Gasteiger partial charge in [0.15, 0.2) is 11.5 Å². The number of H-pyrrole nitrogens is 2. The maximum atomic E-state index is 14.5. The number of nitrogens with one attached hydrogen (secondary N) is 4. The molecule has 0 aliphatic heterocycles. The predicted octanol–water partition coefficient (Wildman–Crippen LogP) is 6.82. The number of carbonyl (C=O) groups excluding carboxylic acids is 2. The molecule has 4 heterocycles. The number of benzene rings is 3. The minimum absolute atomic E-state index is 0.250. The Hall–Kier alpha value is -5.87. The highest BCUT2D eigenvalue weighted by Gasteiger charge is 2.17. The Kier molecular flexibility index (Phi) is 11.2. The number of imidazole rings is 1. The molecule has 0 radical (unpaired) electrons. The Balaban J connectivity index is 0.000000855. The smallest absolute Gasteiger partial charge is 0.337 e. The van der Waals surface area contributed by atoms with Crippen molar-refractivity contribution < 1.29 is 14.0 Å². The van der Waals surface area contributed by atoms with Crippen LogP contribution in [-0.4, -0.2) is 43.3 Å². The van der Waals surface area contributed by atoms with Crippen molar-refractivity contribution in [2.24, 2.45) is 0 Å². The van der Waals surface area contributed by atoms with E-state index in [0.29, 0.717) is 24.6 Å². The van der Waals surface area contributed by atoms with Gasteiger partial charge in [0.25, 0.3) is 0 Å². The van der Waals surface area contributed by atoms with E-state index in [2.05, 4.69) is 60.0 Å². The summed E-state index contributed by atoms with van der Waals surface area (Å²) in [5, 5.41) is 15.0. The molecule has 0 aliphatic carbocycles. The van der Waals surface area contributed by atoms with Crippen LogP contribution < -0.4 is 10.6 Å². The molecule has 0 bridgehead atoms. The van der Waals surface area contributed by atoms with E-state index in [1.807, 2.05) is 82.0 Å². The Bertz CT molecular complexity index is 2150. The van der Waals surface area contributed by atoms with Crippen molar-refractivity contribution in [3.8, 4) is 33.8 Å². The van der Waals surface area contributed by atoms with Crippen LogP contribution in [0.1, 0.15) is 30.5 Å². The lowest BCUT2D eigenvalue weighted by Gasteiger charge is -2.07. The minimum atomic E-state index is -0.279. The molecule has 0 aliphatic rings. The molecule has 7 rings (SSSR count). The van der Waals surface area contributed by atoms with Crippen LogP contribution in [0.15, 0.2) is 97.5 Å². The number of pyridine rings is 2. The van der Waals surface area contributed by atoms with Crippen LogP contribution in [0.25, 0.3) is 55.8 Å². The number of halogens is 1. The van der Waals surface area contributed by atoms with Gasteiger partial charge in [-0.25, -0.2) is 14.4 Å². The Morgan fingerprint density at radius 2 is 1.54 bits per heavy atom. The highest BCUT2D eigenvalue weighted by atomic mass is 19.1. The summed E-state index contributed by atoms with van der Waals surface area (Å²) in [6.45, 7) is 6.06. The van der Waals surface area contributed by atoms with E-state index in [-0.39, 0.29) is 12.0 Å². The summed E-state index contributed by atoms with van der Waals surface area (Å²) in [6, 6.07) is 25.5. The number of fused-ring (bicyclic) bond motifs is 2. The molecule has 0 unspecified atom stereocenters. The first-order valence-electron chi connectivity index (χ1n) is 15.5. The molecule has 0 saturated heterocycles. The molecule has 4 N–H and O–H groups in total. The van der Waals surface area contributed by atoms with Crippen molar-refractivity contribution in [1.29, 1.82) is 0 Å². The van der Waals surface area contributed by atoms with Gasteiger partial charge in [0.1, 0.15) is 11.5 Å². The molecule has 0 spiro atoms. The number of aromatic nitrogens is 6. The lowest BCUT2D eigenvalue weighted by atomic mass is 10.0. The van der Waals surface area contributed by atoms with Gasteiger partial charge in [-0.05, 0) is 65.7 Å². The molecule has 0 amide bonds. The first-order valence-corrected chi connectivity index (χ1v) is 15.5. The molecule has 242 valence electrons. The summed E-state index contributed by atoms with van der Waals surface area (Å²) in [5.41, 5.74) is 9.64. The first kappa shape index (κ1) is 33.5. The van der Waals surface area contributed by atoms with Gasteiger partial charge in [0.2, 0.25) is 0 Å². The molecule has 10 nitrogen and oxygen atoms in total. The Morgan fingerprint density at radius 1 is 0.792 bits per heavy atom. The molecule has 0 saturated carbocycles. The van der Waals surface area contributed by atoms with Gasteiger partial charge in [-0.3, -0.25) is 10.1 Å². The minimum Gasteiger partial charge on any atom is -0.337 e. The van der Waals surface area contributed by atoms with Crippen LogP contribution in [0.3, 0.4) is 0 Å². The summed E-state index contributed by atoms with van der Waals surface area (Å²) in [4.78, 5) is 33.7. The Morgan fingerprint density at radius 3 is 2.33 bits per heavy atom. The third-order valence-corrected chi connectivity index (χ3v) is 7.44. The van der Waals surface area contributed by atoms with Gasteiger partial charge < -0.3 is 15.6 Å². The molecule has 0 fully saturated rings. The zero-order valence-corrected chi connectivity index (χ0v) is 26.8. The predicted molar refractivity (Wildman–Crippen MR) is 184 cm³/mol. The molecule has 0 atom stereocenters. The maximum absolute atomic E-state index is 14.5. The third-order valence-electron chi connectivity index (χ3n) is 7.44. The van der Waals surface area contributed by atoms with Crippen LogP contribution in [0, 0.1) is 5.82 Å². The van der Waals surface area contributed by atoms with Gasteiger partial charge in [0.05, 0.1) is 16.4 Å². The van der Waals surface area contributed by atoms with Crippen molar-refractivity contribution in [2.75, 3.05) is 7.05 Å². The largest absolute Gasteiger partial charge is 0.373 e. The van der Waals surface area contributed by atoms with Crippen LogP contribution in [-0.2, 0) is 29.2 Å². The molecule has 11 heteroatoms. The molecule has 7 aromatic rings. The van der Waals surface area contributed by atoms with E-state index in [1.54, 1.807) is 12.1 Å². The molecular weight excluding hydrogens is 607 g/mol. The zero-order valence-electron chi connectivity index (χ0n) is 26.8. The fourth-order valence-corrected chi connectivity index (χ4v) is 5.42. The van der Waals surface area contributed by atoms with Crippen LogP contribution in [0.2, 0.25) is 0 Å². The normalized spacial score (nSPS) is 10.6. The van der Waals surface area contributed by atoms with E-state index < -0.39 is 0 Å². The summed E-state index contributed by atoms with van der Waals surface area (Å²) in [6.07, 6.45) is 5.79. The lowest BCUT2D eigenvalue weighted by Crippen LogP contribution is -2.12. The van der Waals surface area contributed by atoms with Gasteiger partial charge in [-0.1, -0.05) is 56.3 Å². The first-order chi connectivity index (χ1) is 23.6. The van der Waals surface area contributed by atoms with E-state index in [0.717, 1.165) is 62.0 Å². The Labute approximate surface area is 276 Å². The fraction of sp³-hybridized carbons (Fsp3) is 0.162. The SMILES string of the molecule is CC.CNCc1cc(F)cc(-c2cccc3[nH]c(-c4[nH]nc5ncc(-c6cncc(CNCc7ccccc7)c6)cc45)nc23)c1.O=C=O. The standard InChI is InChI=1S/C34H29FN8.C2H6.CO2/c1-36-15-22-10-24(13-27(35)12-22)28-8-5-9-30-31(28)41-34(40-30)32-29-14-26(20-39-33(29)43-42-32)25-11-23(18-38-19-25)17-37-16-21-6-3-2-4-7-21;1-2;2-1-3/h2-14,18-20,36-37H,15-17H2,1H3,(H,40,41)(H,39,42,43);1-2H3;. The van der Waals surface area contributed by atoms with E-state index in [9.17, 15) is 4.39 Å². The average molecular weight is 643 g/mol. The number of para-hydroxylation sites is 1. The quantitative estimate of drug-likeness (QED) is 0.134. The zero-order chi connectivity index (χ0) is 33.9. The van der Waals surface area contributed by atoms with Crippen molar-refractivity contribution >= 4 is 28.2 Å². The van der Waals surface area contributed by atoms with E-state index in [4.69, 9.17) is 14.6 Å². The van der Waals surface area contributed by atoms with Crippen LogP contribution >= 0.6 is 0 Å². The van der Waals surface area contributed by atoms with Gasteiger partial charge >= 0.3 is 6.15 Å². The van der Waals surface area contributed by atoms with E-state index >= 15 is 0 Å². The average Bonchev–Trinajstić information content (AvgIpc) is 3.74. The van der Waals surface area contributed by atoms with Crippen molar-refractivity contribution in [3.05, 3.63) is 120 Å². The van der Waals surface area contributed by atoms with Gasteiger partial charge in [-0.2, -0.15) is 14.7 Å². The maximum Gasteiger partial charge on any atom is 0.373 e. The number of nitrogens with zero attached hydrogens (tertiary/aromatic N) is 4. The molecular formula is C37H35FN8O2. The monoisotopic (exact) mass is 642 g/mol. The van der Waals surface area contributed by atoms with Crippen LogP contribution in [0.4, 0.5) is 4.39 Å².